The van der Waals surface area contributed by atoms with Crippen molar-refractivity contribution in [3.05, 3.63) is 53.3 Å². The third kappa shape index (κ3) is 3.55. The molecular formula is C17H15ClFN3OS. The molecule has 1 heterocycles. The Kier molecular flexibility index (Phi) is 5.06. The van der Waals surface area contributed by atoms with E-state index in [1.165, 1.54) is 30.0 Å². The van der Waals surface area contributed by atoms with Gasteiger partial charge in [-0.05, 0) is 37.3 Å². The van der Waals surface area contributed by atoms with E-state index in [1.54, 1.807) is 0 Å². The number of aryl methyl sites for hydroxylation is 1. The van der Waals surface area contributed by atoms with Crippen LogP contribution in [-0.2, 0) is 11.3 Å². The van der Waals surface area contributed by atoms with Crippen LogP contribution in [0, 0.1) is 5.82 Å². The van der Waals surface area contributed by atoms with Crippen LogP contribution in [-0.4, -0.2) is 21.2 Å². The standard InChI is InChI=1S/C17H15ClFN3OS/c1-2-22-15-6-4-3-5-14(15)21-17(22)24-10-16(23)20-11-7-8-13(19)12(18)9-11/h3-9H,2,10H2,1H3,(H,20,23). The smallest absolute Gasteiger partial charge is 0.234 e. The number of hydrogen-bond donors (Lipinski definition) is 1. The quantitative estimate of drug-likeness (QED) is 0.675. The lowest BCUT2D eigenvalue weighted by Gasteiger charge is -2.07. The molecule has 3 rings (SSSR count). The average Bonchev–Trinajstić information content (AvgIpc) is 2.94. The van der Waals surface area contributed by atoms with Crippen molar-refractivity contribution in [2.75, 3.05) is 11.1 Å². The van der Waals surface area contributed by atoms with E-state index in [0.29, 0.717) is 5.69 Å². The Labute approximate surface area is 148 Å². The molecule has 3 aromatic rings. The van der Waals surface area contributed by atoms with Gasteiger partial charge in [0, 0.05) is 12.2 Å². The summed E-state index contributed by atoms with van der Waals surface area (Å²) in [6, 6.07) is 12.0. The second-order valence-corrected chi connectivity index (χ2v) is 6.44. The van der Waals surface area contributed by atoms with Crippen LogP contribution < -0.4 is 5.32 Å². The zero-order chi connectivity index (χ0) is 17.1. The normalized spacial score (nSPS) is 11.0. The maximum Gasteiger partial charge on any atom is 0.234 e. The number of nitrogens with one attached hydrogen (secondary N) is 1. The predicted octanol–water partition coefficient (Wildman–Crippen LogP) is 4.58. The van der Waals surface area contributed by atoms with Gasteiger partial charge in [0.25, 0.3) is 0 Å². The Balaban J connectivity index is 1.69. The molecule has 0 unspecified atom stereocenters. The number of para-hydroxylation sites is 2. The van der Waals surface area contributed by atoms with Crippen LogP contribution in [0.15, 0.2) is 47.6 Å². The second kappa shape index (κ2) is 7.23. The van der Waals surface area contributed by atoms with Crippen molar-refractivity contribution in [2.45, 2.75) is 18.6 Å². The number of anilines is 1. The number of amides is 1. The highest BCUT2D eigenvalue weighted by Gasteiger charge is 2.12. The minimum Gasteiger partial charge on any atom is -0.325 e. The number of imidazole rings is 1. The summed E-state index contributed by atoms with van der Waals surface area (Å²) in [4.78, 5) is 16.7. The number of halogens is 2. The maximum atomic E-state index is 13.1. The summed E-state index contributed by atoms with van der Waals surface area (Å²) >= 11 is 7.07. The number of carbonyl (C=O) groups excluding carboxylic acids is 1. The molecule has 124 valence electrons. The summed E-state index contributed by atoms with van der Waals surface area (Å²) in [5.74, 6) is -0.503. The fourth-order valence-electron chi connectivity index (χ4n) is 2.37. The summed E-state index contributed by atoms with van der Waals surface area (Å²) in [5, 5.41) is 3.48. The zero-order valence-electron chi connectivity index (χ0n) is 12.9. The molecule has 1 aromatic heterocycles. The van der Waals surface area contributed by atoms with Gasteiger partial charge >= 0.3 is 0 Å². The van der Waals surface area contributed by atoms with E-state index in [0.717, 1.165) is 22.7 Å². The van der Waals surface area contributed by atoms with Crippen molar-refractivity contribution in [1.82, 2.24) is 9.55 Å². The fourth-order valence-corrected chi connectivity index (χ4v) is 3.43. The number of fused-ring (bicyclic) bond motifs is 1. The van der Waals surface area contributed by atoms with Gasteiger partial charge in [-0.2, -0.15) is 0 Å². The highest BCUT2D eigenvalue weighted by molar-refractivity contribution is 7.99. The van der Waals surface area contributed by atoms with Crippen molar-refractivity contribution >= 4 is 46.0 Å². The van der Waals surface area contributed by atoms with Crippen molar-refractivity contribution in [1.29, 1.82) is 0 Å². The summed E-state index contributed by atoms with van der Waals surface area (Å²) in [6.07, 6.45) is 0. The molecule has 0 aliphatic heterocycles. The van der Waals surface area contributed by atoms with Gasteiger partial charge in [0.05, 0.1) is 21.8 Å². The van der Waals surface area contributed by atoms with Crippen LogP contribution in [0.5, 0.6) is 0 Å². The van der Waals surface area contributed by atoms with Gasteiger partial charge in [0.15, 0.2) is 5.16 Å². The van der Waals surface area contributed by atoms with Gasteiger partial charge in [-0.1, -0.05) is 35.5 Å². The molecule has 0 bridgehead atoms. The van der Waals surface area contributed by atoms with E-state index in [1.807, 2.05) is 31.2 Å². The molecule has 0 saturated heterocycles. The van der Waals surface area contributed by atoms with Crippen LogP contribution >= 0.6 is 23.4 Å². The molecule has 1 N–H and O–H groups in total. The first-order chi connectivity index (χ1) is 11.6. The Morgan fingerprint density at radius 2 is 2.12 bits per heavy atom. The summed E-state index contributed by atoms with van der Waals surface area (Å²) < 4.78 is 15.2. The first kappa shape index (κ1) is 16.8. The molecule has 0 fully saturated rings. The van der Waals surface area contributed by atoms with E-state index < -0.39 is 5.82 Å². The number of thioether (sulfide) groups is 1. The summed E-state index contributed by atoms with van der Waals surface area (Å²) in [7, 11) is 0. The van der Waals surface area contributed by atoms with Crippen molar-refractivity contribution in [2.24, 2.45) is 0 Å². The first-order valence-electron chi connectivity index (χ1n) is 7.41. The van der Waals surface area contributed by atoms with Crippen LogP contribution in [0.25, 0.3) is 11.0 Å². The minimum atomic E-state index is -0.513. The van der Waals surface area contributed by atoms with E-state index in [2.05, 4.69) is 14.9 Å². The number of nitrogens with zero attached hydrogens (tertiary/aromatic N) is 2. The Hall–Kier alpha value is -2.05. The lowest BCUT2D eigenvalue weighted by atomic mass is 10.3. The SMILES string of the molecule is CCn1c(SCC(=O)Nc2ccc(F)c(Cl)c2)nc2ccccc21. The molecule has 2 aromatic carbocycles. The van der Waals surface area contributed by atoms with Crippen molar-refractivity contribution in [3.8, 4) is 0 Å². The number of carbonyl (C=O) groups is 1. The monoisotopic (exact) mass is 363 g/mol. The summed E-state index contributed by atoms with van der Waals surface area (Å²) in [6.45, 7) is 2.82. The third-order valence-electron chi connectivity index (χ3n) is 3.47. The molecule has 0 radical (unpaired) electrons. The lowest BCUT2D eigenvalue weighted by molar-refractivity contribution is -0.113. The average molecular weight is 364 g/mol. The molecule has 0 saturated carbocycles. The van der Waals surface area contributed by atoms with Gasteiger partial charge in [0.1, 0.15) is 5.82 Å². The number of rotatable bonds is 5. The molecule has 7 heteroatoms. The fraction of sp³-hybridized carbons (Fsp3) is 0.176. The van der Waals surface area contributed by atoms with Crippen LogP contribution in [0.1, 0.15) is 6.92 Å². The van der Waals surface area contributed by atoms with Crippen LogP contribution in [0.3, 0.4) is 0 Å². The Morgan fingerprint density at radius 1 is 1.33 bits per heavy atom. The zero-order valence-corrected chi connectivity index (χ0v) is 14.5. The van der Waals surface area contributed by atoms with Gasteiger partial charge < -0.3 is 9.88 Å². The van der Waals surface area contributed by atoms with Crippen LogP contribution in [0.2, 0.25) is 5.02 Å². The maximum absolute atomic E-state index is 13.1. The van der Waals surface area contributed by atoms with Crippen molar-refractivity contribution in [3.63, 3.8) is 0 Å². The molecule has 0 atom stereocenters. The minimum absolute atomic E-state index is 0.0202. The van der Waals surface area contributed by atoms with Gasteiger partial charge in [0.2, 0.25) is 5.91 Å². The molecule has 1 amide bonds. The van der Waals surface area contributed by atoms with E-state index in [-0.39, 0.29) is 16.7 Å². The molecule has 24 heavy (non-hydrogen) atoms. The molecular weight excluding hydrogens is 349 g/mol. The molecule has 4 nitrogen and oxygen atoms in total. The van der Waals surface area contributed by atoms with E-state index in [4.69, 9.17) is 11.6 Å². The summed E-state index contributed by atoms with van der Waals surface area (Å²) in [5.41, 5.74) is 2.43. The number of benzene rings is 2. The van der Waals surface area contributed by atoms with Gasteiger partial charge in [-0.15, -0.1) is 0 Å². The number of aromatic nitrogens is 2. The van der Waals surface area contributed by atoms with Gasteiger partial charge in [-0.3, -0.25) is 4.79 Å². The highest BCUT2D eigenvalue weighted by Crippen LogP contribution is 2.24. The highest BCUT2D eigenvalue weighted by atomic mass is 35.5. The first-order valence-corrected chi connectivity index (χ1v) is 8.78. The third-order valence-corrected chi connectivity index (χ3v) is 4.74. The Bertz CT molecular complexity index is 897. The van der Waals surface area contributed by atoms with E-state index >= 15 is 0 Å². The largest absolute Gasteiger partial charge is 0.325 e. The molecule has 0 aliphatic carbocycles. The van der Waals surface area contributed by atoms with Crippen molar-refractivity contribution < 1.29 is 9.18 Å². The molecule has 0 spiro atoms. The Morgan fingerprint density at radius 3 is 2.88 bits per heavy atom. The van der Waals surface area contributed by atoms with E-state index in [9.17, 15) is 9.18 Å². The lowest BCUT2D eigenvalue weighted by Crippen LogP contribution is -2.14. The van der Waals surface area contributed by atoms with Gasteiger partial charge in [-0.25, -0.2) is 9.37 Å². The predicted molar refractivity (Wildman–Crippen MR) is 96.2 cm³/mol. The van der Waals surface area contributed by atoms with Crippen LogP contribution in [0.4, 0.5) is 10.1 Å². The second-order valence-electron chi connectivity index (χ2n) is 5.09. The number of hydrogen-bond acceptors (Lipinski definition) is 3. The topological polar surface area (TPSA) is 46.9 Å². The molecule has 0 aliphatic rings.